The molecule has 0 bridgehead atoms. The number of ether oxygens (including phenoxy) is 2. The van der Waals surface area contributed by atoms with Crippen molar-refractivity contribution in [2.24, 2.45) is 0 Å². The molecule has 0 atom stereocenters. The summed E-state index contributed by atoms with van der Waals surface area (Å²) in [5.41, 5.74) is 1.70. The first-order valence-electron chi connectivity index (χ1n) is 8.77. The largest absolute Gasteiger partial charge is 0.493 e. The molecule has 0 aliphatic carbocycles. The molecule has 1 N–H and O–H groups in total. The lowest BCUT2D eigenvalue weighted by molar-refractivity contribution is -0.122. The molecule has 0 aromatic heterocycles. The number of anilines is 1. The first-order chi connectivity index (χ1) is 14.3. The monoisotopic (exact) mass is 516 g/mol. The van der Waals surface area contributed by atoms with Gasteiger partial charge in [0.15, 0.2) is 11.5 Å². The zero-order valence-electron chi connectivity index (χ0n) is 16.2. The molecule has 152 valence electrons. The number of hydrogen-bond acceptors (Lipinski definition) is 5. The van der Waals surface area contributed by atoms with Gasteiger partial charge in [-0.3, -0.25) is 14.9 Å². The Bertz CT molecular complexity index is 1100. The zero-order valence-corrected chi connectivity index (χ0v) is 18.3. The lowest BCUT2D eigenvalue weighted by Gasteiger charge is -2.26. The molecule has 7 nitrogen and oxygen atoms in total. The Morgan fingerprint density at radius 2 is 1.90 bits per heavy atom. The number of terminal acetylenes is 1. The first-order valence-corrected chi connectivity index (χ1v) is 9.85. The van der Waals surface area contributed by atoms with Crippen molar-refractivity contribution in [3.8, 4) is 23.8 Å². The van der Waals surface area contributed by atoms with Crippen LogP contribution < -0.4 is 19.7 Å². The van der Waals surface area contributed by atoms with E-state index < -0.39 is 17.8 Å². The Hall–Kier alpha value is -3.32. The van der Waals surface area contributed by atoms with Gasteiger partial charge in [0.05, 0.1) is 16.4 Å². The average molecular weight is 516 g/mol. The van der Waals surface area contributed by atoms with Crippen molar-refractivity contribution < 1.29 is 23.9 Å². The molecular weight excluding hydrogens is 499 g/mol. The standard InChI is InChI=1S/C22H17IN2O5/c1-4-9-30-19-17(23)11-14(12-18(19)29-3)10-16-20(26)24-22(28)25(21(16)27)15-7-5-13(2)6-8-15/h1,5-8,10-12H,9H2,2-3H3,(H,24,26,28)/b16-10-. The summed E-state index contributed by atoms with van der Waals surface area (Å²) in [6.07, 6.45) is 6.64. The van der Waals surface area contributed by atoms with Crippen LogP contribution in [0.3, 0.4) is 0 Å². The summed E-state index contributed by atoms with van der Waals surface area (Å²) in [6.45, 7) is 1.96. The maximum Gasteiger partial charge on any atom is 0.335 e. The van der Waals surface area contributed by atoms with Crippen LogP contribution in [0.5, 0.6) is 11.5 Å². The Kier molecular flexibility index (Phi) is 6.42. The van der Waals surface area contributed by atoms with E-state index in [1.165, 1.54) is 13.2 Å². The maximum absolute atomic E-state index is 13.0. The van der Waals surface area contributed by atoms with Gasteiger partial charge in [0.1, 0.15) is 12.2 Å². The number of hydrogen-bond donors (Lipinski definition) is 1. The summed E-state index contributed by atoms with van der Waals surface area (Å²) in [7, 11) is 1.47. The molecule has 1 heterocycles. The van der Waals surface area contributed by atoms with Gasteiger partial charge in [0, 0.05) is 0 Å². The fourth-order valence-electron chi connectivity index (χ4n) is 2.83. The quantitative estimate of drug-likeness (QED) is 0.286. The molecule has 0 radical (unpaired) electrons. The number of benzene rings is 2. The van der Waals surface area contributed by atoms with E-state index in [0.717, 1.165) is 10.5 Å². The lowest BCUT2D eigenvalue weighted by atomic mass is 10.1. The van der Waals surface area contributed by atoms with Crippen LogP contribution >= 0.6 is 22.6 Å². The van der Waals surface area contributed by atoms with E-state index in [-0.39, 0.29) is 12.2 Å². The van der Waals surface area contributed by atoms with Crippen molar-refractivity contribution >= 4 is 52.2 Å². The van der Waals surface area contributed by atoms with Crippen LogP contribution in [0.15, 0.2) is 42.0 Å². The van der Waals surface area contributed by atoms with E-state index >= 15 is 0 Å². The van der Waals surface area contributed by atoms with Crippen LogP contribution in [0.25, 0.3) is 6.08 Å². The van der Waals surface area contributed by atoms with Gasteiger partial charge in [-0.15, -0.1) is 6.42 Å². The topological polar surface area (TPSA) is 84.9 Å². The van der Waals surface area contributed by atoms with Gasteiger partial charge in [0.2, 0.25) is 0 Å². The van der Waals surface area contributed by atoms with Crippen LogP contribution in [0.1, 0.15) is 11.1 Å². The third-order valence-electron chi connectivity index (χ3n) is 4.26. The Labute approximate surface area is 187 Å². The van der Waals surface area contributed by atoms with Gasteiger partial charge >= 0.3 is 6.03 Å². The van der Waals surface area contributed by atoms with Gasteiger partial charge < -0.3 is 9.47 Å². The minimum atomic E-state index is -0.795. The molecular formula is C22H17IN2O5. The van der Waals surface area contributed by atoms with Gasteiger partial charge in [-0.25, -0.2) is 9.69 Å². The second kappa shape index (κ2) is 9.00. The summed E-state index contributed by atoms with van der Waals surface area (Å²) in [5, 5.41) is 2.20. The smallest absolute Gasteiger partial charge is 0.335 e. The van der Waals surface area contributed by atoms with Crippen molar-refractivity contribution in [1.29, 1.82) is 0 Å². The molecule has 1 saturated heterocycles. The predicted octanol–water partition coefficient (Wildman–Crippen LogP) is 3.29. The fourth-order valence-corrected chi connectivity index (χ4v) is 3.61. The third kappa shape index (κ3) is 4.31. The highest BCUT2D eigenvalue weighted by molar-refractivity contribution is 14.1. The molecule has 0 saturated carbocycles. The van der Waals surface area contributed by atoms with Crippen molar-refractivity contribution in [2.75, 3.05) is 18.6 Å². The molecule has 1 aliphatic heterocycles. The SMILES string of the molecule is C#CCOc1c(I)cc(/C=C2/C(=O)NC(=O)N(c3ccc(C)cc3)C2=O)cc1OC. The fraction of sp³-hybridized carbons (Fsp3) is 0.136. The minimum Gasteiger partial charge on any atom is -0.493 e. The molecule has 0 unspecified atom stereocenters. The summed E-state index contributed by atoms with van der Waals surface area (Å²) in [6, 6.07) is 9.38. The number of aryl methyl sites for hydroxylation is 1. The highest BCUT2D eigenvalue weighted by Crippen LogP contribution is 2.35. The molecule has 1 fully saturated rings. The molecule has 30 heavy (non-hydrogen) atoms. The molecule has 4 amide bonds. The molecule has 0 spiro atoms. The number of nitrogens with one attached hydrogen (secondary N) is 1. The third-order valence-corrected chi connectivity index (χ3v) is 5.06. The zero-order chi connectivity index (χ0) is 21.8. The van der Waals surface area contributed by atoms with Crippen LogP contribution in [0, 0.1) is 22.8 Å². The second-order valence-corrected chi connectivity index (χ2v) is 7.48. The minimum absolute atomic E-state index is 0.0707. The lowest BCUT2D eigenvalue weighted by Crippen LogP contribution is -2.54. The van der Waals surface area contributed by atoms with Gasteiger partial charge in [-0.2, -0.15) is 0 Å². The number of imide groups is 2. The second-order valence-electron chi connectivity index (χ2n) is 6.32. The van der Waals surface area contributed by atoms with Crippen molar-refractivity contribution in [3.63, 3.8) is 0 Å². The molecule has 2 aromatic carbocycles. The van der Waals surface area contributed by atoms with E-state index in [1.54, 1.807) is 36.4 Å². The number of halogens is 1. The van der Waals surface area contributed by atoms with Gasteiger partial charge in [-0.05, 0) is 65.4 Å². The Balaban J connectivity index is 2.01. The number of nitrogens with zero attached hydrogens (tertiary/aromatic N) is 1. The van der Waals surface area contributed by atoms with Crippen LogP contribution in [-0.2, 0) is 9.59 Å². The molecule has 8 heteroatoms. The predicted molar refractivity (Wildman–Crippen MR) is 120 cm³/mol. The summed E-state index contributed by atoms with van der Waals surface area (Å²) >= 11 is 2.05. The molecule has 1 aliphatic rings. The van der Waals surface area contributed by atoms with Gasteiger partial charge in [0.25, 0.3) is 11.8 Å². The highest BCUT2D eigenvalue weighted by Gasteiger charge is 2.36. The van der Waals surface area contributed by atoms with E-state index in [2.05, 4.69) is 11.2 Å². The van der Waals surface area contributed by atoms with E-state index in [4.69, 9.17) is 15.9 Å². The van der Waals surface area contributed by atoms with Gasteiger partial charge in [-0.1, -0.05) is 23.6 Å². The van der Waals surface area contributed by atoms with E-state index in [1.807, 2.05) is 29.5 Å². The maximum atomic E-state index is 13.0. The number of methoxy groups -OCH3 is 1. The number of barbiturate groups is 1. The van der Waals surface area contributed by atoms with Crippen LogP contribution in [0.2, 0.25) is 0 Å². The Morgan fingerprint density at radius 3 is 2.53 bits per heavy atom. The Morgan fingerprint density at radius 1 is 1.20 bits per heavy atom. The number of urea groups is 1. The summed E-state index contributed by atoms with van der Waals surface area (Å²) < 4.78 is 11.5. The molecule has 3 rings (SSSR count). The van der Waals surface area contributed by atoms with Crippen molar-refractivity contribution in [3.05, 3.63) is 56.7 Å². The molecule has 2 aromatic rings. The normalized spacial score (nSPS) is 15.1. The number of rotatable bonds is 5. The summed E-state index contributed by atoms with van der Waals surface area (Å²) in [4.78, 5) is 38.6. The van der Waals surface area contributed by atoms with Crippen LogP contribution in [-0.4, -0.2) is 31.6 Å². The van der Waals surface area contributed by atoms with E-state index in [0.29, 0.717) is 26.3 Å². The average Bonchev–Trinajstić information content (AvgIpc) is 2.71. The van der Waals surface area contributed by atoms with Crippen molar-refractivity contribution in [2.45, 2.75) is 6.92 Å². The summed E-state index contributed by atoms with van der Waals surface area (Å²) in [5.74, 6) is 1.77. The number of carbonyl (C=O) groups is 3. The number of amides is 4. The van der Waals surface area contributed by atoms with Crippen molar-refractivity contribution in [1.82, 2.24) is 5.32 Å². The number of carbonyl (C=O) groups excluding carboxylic acids is 3. The van der Waals surface area contributed by atoms with E-state index in [9.17, 15) is 14.4 Å². The first kappa shape index (κ1) is 21.4. The van der Waals surface area contributed by atoms with Crippen LogP contribution in [0.4, 0.5) is 10.5 Å². The highest BCUT2D eigenvalue weighted by atomic mass is 127.